The number of nitro benzene ring substituents is 1. The van der Waals surface area contributed by atoms with Gasteiger partial charge in [0.05, 0.1) is 16.0 Å². The van der Waals surface area contributed by atoms with E-state index in [-0.39, 0.29) is 10.6 Å². The Balaban J connectivity index is 1.70. The molecule has 0 aliphatic carbocycles. The highest BCUT2D eigenvalue weighted by atomic mass is 32.2. The summed E-state index contributed by atoms with van der Waals surface area (Å²) in [4.78, 5) is 12.4. The first kappa shape index (κ1) is 18.3. The van der Waals surface area contributed by atoms with E-state index in [1.165, 1.54) is 30.5 Å². The minimum Gasteiger partial charge on any atom is -0.455 e. The third-order valence-corrected chi connectivity index (χ3v) is 4.92. The first-order valence-corrected chi connectivity index (χ1v) is 9.30. The molecular weight excluding hydrogens is 370 g/mol. The van der Waals surface area contributed by atoms with Gasteiger partial charge in [-0.25, -0.2) is 0 Å². The maximum atomic E-state index is 12.1. The monoisotopic (exact) mass is 385 g/mol. The van der Waals surface area contributed by atoms with Gasteiger partial charge in [0.15, 0.2) is 0 Å². The van der Waals surface area contributed by atoms with Crippen molar-refractivity contribution in [3.05, 3.63) is 82.1 Å². The zero-order valence-electron chi connectivity index (χ0n) is 14.2. The molecule has 3 aromatic rings. The number of hydrogen-bond donors (Lipinski definition) is 1. The molecule has 0 fully saturated rings. The number of hydrazone groups is 1. The Morgan fingerprint density at radius 1 is 1.04 bits per heavy atom. The highest BCUT2D eigenvalue weighted by Gasteiger charge is 2.12. The molecule has 9 heteroatoms. The zero-order valence-corrected chi connectivity index (χ0v) is 15.0. The first-order chi connectivity index (χ1) is 12.8. The minimum absolute atomic E-state index is 0.0161. The van der Waals surface area contributed by atoms with Gasteiger partial charge in [-0.1, -0.05) is 17.7 Å². The van der Waals surface area contributed by atoms with E-state index in [4.69, 9.17) is 4.42 Å². The lowest BCUT2D eigenvalue weighted by Crippen LogP contribution is -2.18. The quantitative estimate of drug-likeness (QED) is 0.396. The van der Waals surface area contributed by atoms with Gasteiger partial charge in [-0.05, 0) is 43.3 Å². The first-order valence-electron chi connectivity index (χ1n) is 7.81. The fraction of sp³-hybridized carbons (Fsp3) is 0.0556. The summed E-state index contributed by atoms with van der Waals surface area (Å²) in [5.41, 5.74) is 1.59. The number of hydrogen-bond acceptors (Lipinski definition) is 6. The van der Waals surface area contributed by atoms with Crippen LogP contribution in [0, 0.1) is 17.0 Å². The van der Waals surface area contributed by atoms with Gasteiger partial charge in [0, 0.05) is 17.7 Å². The molecule has 0 amide bonds. The van der Waals surface area contributed by atoms with Crippen LogP contribution < -0.4 is 4.83 Å². The zero-order chi connectivity index (χ0) is 19.4. The Bertz CT molecular complexity index is 1080. The molecule has 3 rings (SSSR count). The normalized spacial score (nSPS) is 11.6. The second-order valence-corrected chi connectivity index (χ2v) is 7.33. The SMILES string of the molecule is Cc1ccc(S(=O)(=O)NN=Cc2ccc(-c3ccc([N+](=O)[O-])cc3)o2)cc1. The van der Waals surface area contributed by atoms with E-state index < -0.39 is 14.9 Å². The largest absolute Gasteiger partial charge is 0.455 e. The van der Waals surface area contributed by atoms with E-state index >= 15 is 0 Å². The van der Waals surface area contributed by atoms with Gasteiger partial charge in [-0.2, -0.15) is 18.4 Å². The molecule has 27 heavy (non-hydrogen) atoms. The summed E-state index contributed by atoms with van der Waals surface area (Å²) >= 11 is 0. The van der Waals surface area contributed by atoms with Gasteiger partial charge < -0.3 is 4.42 Å². The maximum Gasteiger partial charge on any atom is 0.276 e. The fourth-order valence-corrected chi connectivity index (χ4v) is 3.05. The molecule has 8 nitrogen and oxygen atoms in total. The summed E-state index contributed by atoms with van der Waals surface area (Å²) in [6, 6.07) is 15.5. The van der Waals surface area contributed by atoms with Crippen LogP contribution in [-0.2, 0) is 10.0 Å². The van der Waals surface area contributed by atoms with Crippen molar-refractivity contribution in [1.82, 2.24) is 4.83 Å². The third-order valence-electron chi connectivity index (χ3n) is 3.69. The summed E-state index contributed by atoms with van der Waals surface area (Å²) in [7, 11) is -3.76. The highest BCUT2D eigenvalue weighted by molar-refractivity contribution is 7.89. The number of benzene rings is 2. The van der Waals surface area contributed by atoms with Crippen molar-refractivity contribution in [3.63, 3.8) is 0 Å². The summed E-state index contributed by atoms with van der Waals surface area (Å²) in [6.07, 6.45) is 1.24. The number of non-ortho nitro benzene ring substituents is 1. The molecule has 138 valence electrons. The van der Waals surface area contributed by atoms with Crippen molar-refractivity contribution in [2.75, 3.05) is 0 Å². The van der Waals surface area contributed by atoms with Crippen LogP contribution >= 0.6 is 0 Å². The standard InChI is InChI=1S/C18H15N3O5S/c1-13-2-9-17(10-3-13)27(24,25)20-19-12-16-8-11-18(26-16)14-4-6-15(7-5-14)21(22)23/h2-12,20H,1H3. The van der Waals surface area contributed by atoms with Crippen LogP contribution in [-0.4, -0.2) is 19.6 Å². The Kier molecular flexibility index (Phi) is 5.04. The molecule has 1 heterocycles. The fourth-order valence-electron chi connectivity index (χ4n) is 2.25. The van der Waals surface area contributed by atoms with Crippen molar-refractivity contribution < 1.29 is 17.8 Å². The van der Waals surface area contributed by atoms with Gasteiger partial charge in [0.1, 0.15) is 11.5 Å². The minimum atomic E-state index is -3.76. The Labute approximate surface area is 155 Å². The Morgan fingerprint density at radius 3 is 2.33 bits per heavy atom. The molecule has 0 spiro atoms. The number of rotatable bonds is 6. The molecule has 0 bridgehead atoms. The molecule has 0 aliphatic rings. The molecule has 1 aromatic heterocycles. The smallest absolute Gasteiger partial charge is 0.276 e. The van der Waals surface area contributed by atoms with Crippen molar-refractivity contribution in [2.45, 2.75) is 11.8 Å². The second-order valence-electron chi connectivity index (χ2n) is 5.67. The van der Waals surface area contributed by atoms with E-state index in [0.717, 1.165) is 5.56 Å². The number of sulfonamides is 1. The van der Waals surface area contributed by atoms with Crippen LogP contribution in [0.2, 0.25) is 0 Å². The molecule has 0 saturated heterocycles. The van der Waals surface area contributed by atoms with Gasteiger partial charge >= 0.3 is 0 Å². The van der Waals surface area contributed by atoms with E-state index in [2.05, 4.69) is 9.93 Å². The van der Waals surface area contributed by atoms with Crippen LogP contribution in [0.4, 0.5) is 5.69 Å². The molecule has 0 saturated carbocycles. The van der Waals surface area contributed by atoms with Gasteiger partial charge in [-0.15, -0.1) is 0 Å². The number of nitrogens with zero attached hydrogens (tertiary/aromatic N) is 2. The highest BCUT2D eigenvalue weighted by Crippen LogP contribution is 2.24. The molecule has 1 N–H and O–H groups in total. The average molecular weight is 385 g/mol. The summed E-state index contributed by atoms with van der Waals surface area (Å²) in [5, 5.41) is 14.4. The number of furan rings is 1. The molecule has 0 atom stereocenters. The Morgan fingerprint density at radius 2 is 1.70 bits per heavy atom. The van der Waals surface area contributed by atoms with Crippen molar-refractivity contribution in [3.8, 4) is 11.3 Å². The van der Waals surface area contributed by atoms with Gasteiger partial charge in [-0.3, -0.25) is 10.1 Å². The number of aryl methyl sites for hydroxylation is 1. The number of nitro groups is 1. The predicted octanol–water partition coefficient (Wildman–Crippen LogP) is 3.48. The summed E-state index contributed by atoms with van der Waals surface area (Å²) in [6.45, 7) is 1.86. The molecule has 2 aromatic carbocycles. The van der Waals surface area contributed by atoms with Crippen molar-refractivity contribution >= 4 is 21.9 Å². The maximum absolute atomic E-state index is 12.1. The lowest BCUT2D eigenvalue weighted by atomic mass is 10.1. The van der Waals surface area contributed by atoms with Crippen molar-refractivity contribution in [1.29, 1.82) is 0 Å². The van der Waals surface area contributed by atoms with E-state index in [0.29, 0.717) is 17.1 Å². The second kappa shape index (κ2) is 7.42. The topological polar surface area (TPSA) is 115 Å². The van der Waals surface area contributed by atoms with Crippen LogP contribution in [0.5, 0.6) is 0 Å². The van der Waals surface area contributed by atoms with E-state index in [9.17, 15) is 18.5 Å². The molecule has 0 aliphatic heterocycles. The summed E-state index contributed by atoms with van der Waals surface area (Å²) < 4.78 is 29.8. The van der Waals surface area contributed by atoms with Crippen LogP contribution in [0.15, 0.2) is 75.1 Å². The molecule has 0 radical (unpaired) electrons. The third kappa shape index (κ3) is 4.39. The Hall–Kier alpha value is -3.46. The summed E-state index contributed by atoms with van der Waals surface area (Å²) in [5.74, 6) is 0.808. The lowest BCUT2D eigenvalue weighted by molar-refractivity contribution is -0.384. The van der Waals surface area contributed by atoms with Crippen LogP contribution in [0.1, 0.15) is 11.3 Å². The number of nitrogens with one attached hydrogen (secondary N) is 1. The predicted molar refractivity (Wildman–Crippen MR) is 99.9 cm³/mol. The lowest BCUT2D eigenvalue weighted by Gasteiger charge is -2.03. The van der Waals surface area contributed by atoms with Gasteiger partial charge in [0.25, 0.3) is 15.7 Å². The van der Waals surface area contributed by atoms with Gasteiger partial charge in [0.2, 0.25) is 0 Å². The molecular formula is C18H15N3O5S. The van der Waals surface area contributed by atoms with Crippen LogP contribution in [0.3, 0.4) is 0 Å². The average Bonchev–Trinajstić information content (AvgIpc) is 3.11. The van der Waals surface area contributed by atoms with Crippen molar-refractivity contribution in [2.24, 2.45) is 5.10 Å². The van der Waals surface area contributed by atoms with E-state index in [1.807, 2.05) is 6.92 Å². The van der Waals surface area contributed by atoms with E-state index in [1.54, 1.807) is 36.4 Å². The molecule has 0 unspecified atom stereocenters. The van der Waals surface area contributed by atoms with Crippen LogP contribution in [0.25, 0.3) is 11.3 Å².